The average Bonchev–Trinajstić information content (AvgIpc) is 3.51. The van der Waals surface area contributed by atoms with Gasteiger partial charge in [0, 0.05) is 22.1 Å². The van der Waals surface area contributed by atoms with E-state index in [1.807, 2.05) is 18.2 Å². The first-order chi connectivity index (χ1) is 28.0. The summed E-state index contributed by atoms with van der Waals surface area (Å²) < 4.78 is 0. The van der Waals surface area contributed by atoms with Crippen LogP contribution >= 0.6 is 0 Å². The molecule has 0 N–H and O–H groups in total. The van der Waals surface area contributed by atoms with Gasteiger partial charge < -0.3 is 0 Å². The van der Waals surface area contributed by atoms with Crippen LogP contribution in [0.25, 0.3) is 99.6 Å². The number of hydrogen-bond donors (Lipinski definition) is 0. The van der Waals surface area contributed by atoms with E-state index < -0.39 is 0 Å². The lowest BCUT2D eigenvalue weighted by Gasteiger charge is -2.22. The van der Waals surface area contributed by atoms with Gasteiger partial charge in [-0.2, -0.15) is 0 Å². The van der Waals surface area contributed by atoms with Crippen LogP contribution < -0.4 is 0 Å². The fourth-order valence-electron chi connectivity index (χ4n) is 9.12. The Hall–Kier alpha value is -7.16. The van der Waals surface area contributed by atoms with Crippen molar-refractivity contribution >= 4 is 32.3 Å². The Bertz CT molecular complexity index is 3190. The van der Waals surface area contributed by atoms with Gasteiger partial charge in [-0.25, -0.2) is 9.97 Å². The SMILES string of the molecule is CC1(C)c2ccc(-c3ccc(-c4cc(-c5ccc(-c6ccc7ccccc7c6)cc5)nc(-c5ccccc5)n4)c4ccccc34)cc2-c2c1ccc1ccccc21. The Morgan fingerprint density at radius 3 is 1.72 bits per heavy atom. The molecule has 0 saturated heterocycles. The Morgan fingerprint density at radius 1 is 0.333 bits per heavy atom. The first-order valence-electron chi connectivity index (χ1n) is 19.7. The first-order valence-corrected chi connectivity index (χ1v) is 19.7. The van der Waals surface area contributed by atoms with Gasteiger partial charge in [-0.3, -0.25) is 0 Å². The highest BCUT2D eigenvalue weighted by molar-refractivity contribution is 6.07. The molecule has 1 aliphatic rings. The molecule has 268 valence electrons. The van der Waals surface area contributed by atoms with Crippen molar-refractivity contribution in [2.24, 2.45) is 0 Å². The van der Waals surface area contributed by atoms with Gasteiger partial charge in [0.05, 0.1) is 11.4 Å². The van der Waals surface area contributed by atoms with Gasteiger partial charge in [-0.1, -0.05) is 190 Å². The summed E-state index contributed by atoms with van der Waals surface area (Å²) in [7, 11) is 0. The molecule has 0 unspecified atom stereocenters. The van der Waals surface area contributed by atoms with Gasteiger partial charge in [0.15, 0.2) is 5.82 Å². The minimum absolute atomic E-state index is 0.0723. The van der Waals surface area contributed by atoms with E-state index >= 15 is 0 Å². The predicted molar refractivity (Wildman–Crippen MR) is 239 cm³/mol. The van der Waals surface area contributed by atoms with Crippen LogP contribution in [0.3, 0.4) is 0 Å². The van der Waals surface area contributed by atoms with Crippen molar-refractivity contribution in [2.75, 3.05) is 0 Å². The van der Waals surface area contributed by atoms with Crippen LogP contribution in [0.5, 0.6) is 0 Å². The highest BCUT2D eigenvalue weighted by Crippen LogP contribution is 2.52. The Morgan fingerprint density at radius 2 is 0.912 bits per heavy atom. The summed E-state index contributed by atoms with van der Waals surface area (Å²) in [5.74, 6) is 0.710. The minimum atomic E-state index is -0.0723. The number of aromatic nitrogens is 2. The Labute approximate surface area is 332 Å². The van der Waals surface area contributed by atoms with Crippen molar-refractivity contribution in [3.8, 4) is 67.3 Å². The summed E-state index contributed by atoms with van der Waals surface area (Å²) in [6.45, 7) is 4.71. The molecule has 9 aromatic carbocycles. The van der Waals surface area contributed by atoms with E-state index in [0.29, 0.717) is 5.82 Å². The lowest BCUT2D eigenvalue weighted by Crippen LogP contribution is -2.14. The van der Waals surface area contributed by atoms with Crippen molar-refractivity contribution < 1.29 is 0 Å². The molecular weight excluding hydrogens is 689 g/mol. The highest BCUT2D eigenvalue weighted by Gasteiger charge is 2.36. The molecule has 2 nitrogen and oxygen atoms in total. The molecule has 0 amide bonds. The molecule has 1 heterocycles. The summed E-state index contributed by atoms with van der Waals surface area (Å²) in [5, 5.41) is 7.44. The van der Waals surface area contributed by atoms with E-state index in [4.69, 9.17) is 9.97 Å². The van der Waals surface area contributed by atoms with Crippen LogP contribution in [0, 0.1) is 0 Å². The number of fused-ring (bicyclic) bond motifs is 7. The molecule has 57 heavy (non-hydrogen) atoms. The number of rotatable bonds is 5. The second-order valence-electron chi connectivity index (χ2n) is 15.8. The van der Waals surface area contributed by atoms with E-state index in [1.54, 1.807) is 0 Å². The number of benzene rings is 9. The zero-order valence-electron chi connectivity index (χ0n) is 31.9. The van der Waals surface area contributed by atoms with Crippen LogP contribution in [0.4, 0.5) is 0 Å². The Kier molecular flexibility index (Phi) is 7.55. The molecule has 2 heteroatoms. The molecule has 11 rings (SSSR count). The third kappa shape index (κ3) is 5.48. The summed E-state index contributed by atoms with van der Waals surface area (Å²) in [6, 6.07) is 70.2. The zero-order valence-corrected chi connectivity index (χ0v) is 31.9. The van der Waals surface area contributed by atoms with Crippen molar-refractivity contribution in [1.82, 2.24) is 9.97 Å². The first kappa shape index (κ1) is 33.2. The van der Waals surface area contributed by atoms with Crippen molar-refractivity contribution in [3.63, 3.8) is 0 Å². The molecular formula is C55H38N2. The lowest BCUT2D eigenvalue weighted by atomic mass is 9.81. The van der Waals surface area contributed by atoms with Gasteiger partial charge in [0.2, 0.25) is 0 Å². The molecule has 1 aromatic heterocycles. The molecule has 1 aliphatic carbocycles. The van der Waals surface area contributed by atoms with Crippen LogP contribution in [0.1, 0.15) is 25.0 Å². The maximum atomic E-state index is 5.25. The summed E-state index contributed by atoms with van der Waals surface area (Å²) in [6.07, 6.45) is 0. The normalized spacial score (nSPS) is 12.9. The minimum Gasteiger partial charge on any atom is -0.228 e. The molecule has 0 aliphatic heterocycles. The van der Waals surface area contributed by atoms with Crippen molar-refractivity contribution in [1.29, 1.82) is 0 Å². The predicted octanol–water partition coefficient (Wildman–Crippen LogP) is 14.6. The molecule has 0 radical (unpaired) electrons. The number of hydrogen-bond acceptors (Lipinski definition) is 2. The van der Waals surface area contributed by atoms with E-state index in [0.717, 1.165) is 33.5 Å². The van der Waals surface area contributed by atoms with E-state index in [-0.39, 0.29) is 5.41 Å². The topological polar surface area (TPSA) is 25.8 Å². The quantitative estimate of drug-likeness (QED) is 0.176. The number of nitrogens with zero attached hydrogens (tertiary/aromatic N) is 2. The summed E-state index contributed by atoms with van der Waals surface area (Å²) >= 11 is 0. The summed E-state index contributed by atoms with van der Waals surface area (Å²) in [5.41, 5.74) is 15.1. The van der Waals surface area contributed by atoms with Gasteiger partial charge in [-0.05, 0) is 95.0 Å². The van der Waals surface area contributed by atoms with Crippen LogP contribution in [-0.4, -0.2) is 9.97 Å². The van der Waals surface area contributed by atoms with Gasteiger partial charge in [0.25, 0.3) is 0 Å². The molecule has 0 fully saturated rings. The third-order valence-corrected chi connectivity index (χ3v) is 12.1. The van der Waals surface area contributed by atoms with Crippen LogP contribution in [-0.2, 0) is 5.41 Å². The molecule has 10 aromatic rings. The largest absolute Gasteiger partial charge is 0.228 e. The lowest BCUT2D eigenvalue weighted by molar-refractivity contribution is 0.661. The van der Waals surface area contributed by atoms with Crippen molar-refractivity contribution in [2.45, 2.75) is 19.3 Å². The van der Waals surface area contributed by atoms with Crippen LogP contribution in [0.2, 0.25) is 0 Å². The second kappa shape index (κ2) is 13.0. The smallest absolute Gasteiger partial charge is 0.160 e. The maximum absolute atomic E-state index is 5.25. The molecule has 0 bridgehead atoms. The fourth-order valence-corrected chi connectivity index (χ4v) is 9.12. The van der Waals surface area contributed by atoms with Gasteiger partial charge in [-0.15, -0.1) is 0 Å². The fraction of sp³-hybridized carbons (Fsp3) is 0.0545. The molecule has 0 atom stereocenters. The van der Waals surface area contributed by atoms with Crippen molar-refractivity contribution in [3.05, 3.63) is 205 Å². The van der Waals surface area contributed by atoms with E-state index in [9.17, 15) is 0 Å². The standard InChI is InChI=1S/C55H38N2/c1-55(2)49-30-27-42(33-48(49)53-44-17-9-8-13-37(44)26-31-50(53)55)43-28-29-47(46-19-11-10-18-45(43)46)52-34-51(56-54(57-52)39-14-4-3-5-15-39)38-23-20-36(21-24-38)41-25-22-35-12-6-7-16-40(35)32-41/h3-34H,1-2H3. The highest BCUT2D eigenvalue weighted by atomic mass is 14.9. The maximum Gasteiger partial charge on any atom is 0.160 e. The Balaban J connectivity index is 1.03. The van der Waals surface area contributed by atoms with Gasteiger partial charge in [0.1, 0.15) is 0 Å². The molecule has 0 spiro atoms. The van der Waals surface area contributed by atoms with E-state index in [1.165, 1.54) is 71.4 Å². The van der Waals surface area contributed by atoms with Crippen LogP contribution in [0.15, 0.2) is 194 Å². The average molecular weight is 727 g/mol. The zero-order chi connectivity index (χ0) is 38.1. The second-order valence-corrected chi connectivity index (χ2v) is 15.8. The van der Waals surface area contributed by atoms with Gasteiger partial charge >= 0.3 is 0 Å². The summed E-state index contributed by atoms with van der Waals surface area (Å²) in [4.78, 5) is 10.4. The van der Waals surface area contributed by atoms with E-state index in [2.05, 4.69) is 190 Å². The monoisotopic (exact) mass is 726 g/mol. The third-order valence-electron chi connectivity index (χ3n) is 12.1. The molecule has 0 saturated carbocycles.